The SMILES string of the molecule is CO/N=C1\C=C2C(CC[C@]3(C)[C@@H](C(C)=O)CC[C@@]23O)[C@@]2(C)C[C@H](O)[C@H](O)C[C@@H]12.CO/N=C1\C=C2C(CC[C@]3(C)[C@@H](C(C)CCC(F)F)CC[C@@]23O)[C@@]2(C)C[C@H](O)[C@H](O)C[C@@H]12.NCC(F)F. The highest BCUT2D eigenvalue weighted by Crippen LogP contribution is 2.69. The summed E-state index contributed by atoms with van der Waals surface area (Å²) in [5.74, 6) is 0.414. The summed E-state index contributed by atoms with van der Waals surface area (Å²) in [6.07, 6.45) is 4.39. The Morgan fingerprint density at radius 1 is 0.692 bits per heavy atom. The first-order chi connectivity index (χ1) is 30.3. The minimum atomic E-state index is -2.34. The normalized spacial score (nSPS) is 46.7. The number of Topliss-reactive ketones (excluding diaryl/α,β-unsaturated/α-hetero) is 1. The molecule has 0 saturated heterocycles. The molecule has 16 heteroatoms. The number of carbonyl (C=O) groups is 1. The van der Waals surface area contributed by atoms with Crippen LogP contribution in [-0.4, -0.2) is 117 Å². The second kappa shape index (κ2) is 19.1. The van der Waals surface area contributed by atoms with E-state index in [4.69, 9.17) is 9.68 Å². The van der Waals surface area contributed by atoms with E-state index in [1.165, 1.54) is 14.2 Å². The van der Waals surface area contributed by atoms with Crippen LogP contribution in [-0.2, 0) is 14.5 Å². The third kappa shape index (κ3) is 8.68. The van der Waals surface area contributed by atoms with Gasteiger partial charge in [-0.15, -0.1) is 0 Å². The van der Waals surface area contributed by atoms with Crippen LogP contribution in [0, 0.1) is 63.1 Å². The summed E-state index contributed by atoms with van der Waals surface area (Å²) in [5.41, 5.74) is 4.20. The molecule has 0 heterocycles. The monoisotopic (exact) mass is 928 g/mol. The Morgan fingerprint density at radius 3 is 1.54 bits per heavy atom. The number of oxime groups is 2. The van der Waals surface area contributed by atoms with Crippen LogP contribution in [0.4, 0.5) is 17.6 Å². The van der Waals surface area contributed by atoms with Crippen LogP contribution in [0.15, 0.2) is 33.6 Å². The average Bonchev–Trinajstić information content (AvgIpc) is 3.68. The van der Waals surface area contributed by atoms with E-state index in [9.17, 15) is 53.0 Å². The molecule has 0 spiro atoms. The number of fused-ring (bicyclic) bond motifs is 10. The lowest BCUT2D eigenvalue weighted by atomic mass is 9.45. The second-order valence-corrected chi connectivity index (χ2v) is 22.0. The summed E-state index contributed by atoms with van der Waals surface area (Å²) in [6.45, 7) is 11.7. The van der Waals surface area contributed by atoms with E-state index in [2.05, 4.69) is 50.7 Å². The number of hydrogen-bond acceptors (Lipinski definition) is 12. The molecule has 0 aromatic heterocycles. The van der Waals surface area contributed by atoms with Gasteiger partial charge in [-0.2, -0.15) is 0 Å². The molecular weight excluding hydrogens is 851 g/mol. The maximum absolute atomic E-state index is 12.9. The molecule has 0 aromatic carbocycles. The molecule has 0 bridgehead atoms. The molecule has 0 amide bonds. The van der Waals surface area contributed by atoms with Gasteiger partial charge in [0.1, 0.15) is 20.0 Å². The zero-order valence-corrected chi connectivity index (χ0v) is 39.7. The highest BCUT2D eigenvalue weighted by Gasteiger charge is 2.68. The quantitative estimate of drug-likeness (QED) is 0.101. The van der Waals surface area contributed by atoms with Gasteiger partial charge in [0.2, 0.25) is 6.43 Å². The van der Waals surface area contributed by atoms with Gasteiger partial charge >= 0.3 is 0 Å². The predicted octanol–water partition coefficient (Wildman–Crippen LogP) is 6.73. The number of nitrogens with zero attached hydrogens (tertiary/aromatic N) is 2. The van der Waals surface area contributed by atoms with Crippen molar-refractivity contribution in [2.24, 2.45) is 79.1 Å². The lowest BCUT2D eigenvalue weighted by molar-refractivity contribution is -0.137. The van der Waals surface area contributed by atoms with Crippen LogP contribution in [0.5, 0.6) is 0 Å². The summed E-state index contributed by atoms with van der Waals surface area (Å²) >= 11 is 0. The highest BCUT2D eigenvalue weighted by molar-refractivity contribution is 6.00. The number of aliphatic hydroxyl groups excluding tert-OH is 4. The van der Waals surface area contributed by atoms with Crippen molar-refractivity contribution in [2.75, 3.05) is 20.8 Å². The number of rotatable bonds is 8. The Bertz CT molecular complexity index is 1870. The van der Waals surface area contributed by atoms with E-state index in [0.29, 0.717) is 51.4 Å². The first kappa shape index (κ1) is 51.9. The van der Waals surface area contributed by atoms with E-state index < -0.39 is 60.4 Å². The third-order valence-corrected chi connectivity index (χ3v) is 18.9. The Kier molecular flexibility index (Phi) is 15.3. The smallest absolute Gasteiger partial charge is 0.250 e. The van der Waals surface area contributed by atoms with Crippen LogP contribution in [0.25, 0.3) is 0 Å². The zero-order chi connectivity index (χ0) is 48.2. The molecule has 0 aliphatic heterocycles. The van der Waals surface area contributed by atoms with Crippen molar-refractivity contribution < 1.29 is 62.7 Å². The standard InChI is InChI=1S/C25H39F2NO4.C22H33NO5.C2H5F2N/c1-14(5-6-22(26)27)15-8-10-25(31)17-11-19(28-32-4)18-12-20(29)21(30)13-23(18,2)16(17)7-9-24(15,25)3;1-12(24)13-6-8-22(27)15-9-17(23-28-4)16-10-18(25)19(26)11-20(16,2)14(15)5-7-21(13,22)3;3-2(4)1-5/h11,14-16,18,20-22,29-31H,5-10,12-13H2,1-4H3;9,13-14,16,18-19,25-27H,5-8,10-11H2,1-4H3;2H,1,5H2/b28-19+;23-17+;/t14?,15-,16?,18+,20-,21+,23-,24-,25-;13-,14?,16+,18-,19+,20-,21-,22-;/m11./s1. The number of ketones is 1. The van der Waals surface area contributed by atoms with Crippen LogP contribution in [0.1, 0.15) is 131 Å². The largest absolute Gasteiger partial charge is 0.399 e. The molecule has 65 heavy (non-hydrogen) atoms. The summed E-state index contributed by atoms with van der Waals surface area (Å²) < 4.78 is 47.0. The van der Waals surface area contributed by atoms with Gasteiger partial charge < -0.3 is 46.0 Å². The number of hydrogen-bond donors (Lipinski definition) is 7. The van der Waals surface area contributed by atoms with E-state index >= 15 is 0 Å². The number of carbonyl (C=O) groups excluding carboxylic acids is 1. The number of allylic oxidation sites excluding steroid dienone is 2. The molecule has 12 nitrogen and oxygen atoms in total. The third-order valence-electron chi connectivity index (χ3n) is 18.9. The number of aliphatic hydroxyl groups is 6. The molecule has 370 valence electrons. The lowest BCUT2D eigenvalue weighted by Crippen LogP contribution is -2.61. The molecule has 8 rings (SSSR count). The molecule has 6 fully saturated rings. The average molecular weight is 928 g/mol. The van der Waals surface area contributed by atoms with Crippen LogP contribution in [0.2, 0.25) is 0 Å². The Labute approximate surface area is 382 Å². The van der Waals surface area contributed by atoms with Crippen molar-refractivity contribution >= 4 is 17.2 Å². The fourth-order valence-electron chi connectivity index (χ4n) is 15.4. The van der Waals surface area contributed by atoms with E-state index in [0.717, 1.165) is 54.7 Å². The van der Waals surface area contributed by atoms with Crippen molar-refractivity contribution in [1.82, 2.24) is 0 Å². The maximum atomic E-state index is 12.9. The minimum Gasteiger partial charge on any atom is -0.399 e. The second-order valence-electron chi connectivity index (χ2n) is 22.0. The molecular formula is C49H77F4N3O9. The first-order valence-corrected chi connectivity index (χ1v) is 23.9. The van der Waals surface area contributed by atoms with Gasteiger partial charge in [0, 0.05) is 35.0 Å². The fourth-order valence-corrected chi connectivity index (χ4v) is 15.4. The van der Waals surface area contributed by atoms with Gasteiger partial charge in [-0.3, -0.25) is 4.79 Å². The van der Waals surface area contributed by atoms with Gasteiger partial charge in [-0.1, -0.05) is 44.9 Å². The van der Waals surface area contributed by atoms with Crippen molar-refractivity contribution in [3.8, 4) is 0 Å². The van der Waals surface area contributed by atoms with Crippen molar-refractivity contribution in [1.29, 1.82) is 0 Å². The van der Waals surface area contributed by atoms with E-state index in [1.807, 2.05) is 12.2 Å². The number of nitrogens with two attached hydrogens (primary N) is 1. The molecule has 3 unspecified atom stereocenters. The molecule has 6 saturated carbocycles. The van der Waals surface area contributed by atoms with Crippen molar-refractivity contribution in [3.05, 3.63) is 23.3 Å². The van der Waals surface area contributed by atoms with E-state index in [1.54, 1.807) is 6.92 Å². The topological polar surface area (TPSA) is 208 Å². The minimum absolute atomic E-state index is 0.0300. The summed E-state index contributed by atoms with van der Waals surface area (Å²) in [4.78, 5) is 22.6. The summed E-state index contributed by atoms with van der Waals surface area (Å²) in [7, 11) is 3.00. The Hall–Kier alpha value is -2.47. The Balaban J connectivity index is 0.000000197. The molecule has 8 aliphatic carbocycles. The maximum Gasteiger partial charge on any atom is 0.250 e. The number of halogens is 4. The van der Waals surface area contributed by atoms with Crippen LogP contribution < -0.4 is 5.73 Å². The lowest BCUT2D eigenvalue weighted by Gasteiger charge is -2.60. The van der Waals surface area contributed by atoms with Gasteiger partial charge in [0.05, 0.1) is 53.6 Å². The molecule has 8 N–H and O–H groups in total. The van der Waals surface area contributed by atoms with E-state index in [-0.39, 0.29) is 69.9 Å². The molecule has 0 aromatic rings. The highest BCUT2D eigenvalue weighted by atomic mass is 19.3. The molecule has 17 atom stereocenters. The summed E-state index contributed by atoms with van der Waals surface area (Å²) in [5, 5.41) is 74.4. The predicted molar refractivity (Wildman–Crippen MR) is 238 cm³/mol. The van der Waals surface area contributed by atoms with Crippen molar-refractivity contribution in [3.63, 3.8) is 0 Å². The van der Waals surface area contributed by atoms with Gasteiger partial charge in [-0.25, -0.2) is 17.6 Å². The first-order valence-electron chi connectivity index (χ1n) is 23.9. The Morgan fingerprint density at radius 2 is 1.12 bits per heavy atom. The fraction of sp³-hybridized carbons (Fsp3) is 0.857. The van der Waals surface area contributed by atoms with Crippen molar-refractivity contribution in [2.45, 2.75) is 180 Å². The van der Waals surface area contributed by atoms with Gasteiger partial charge in [0.25, 0.3) is 6.43 Å². The molecule has 0 radical (unpaired) electrons. The van der Waals surface area contributed by atoms with Crippen LogP contribution in [0.3, 0.4) is 0 Å². The number of alkyl halides is 4. The van der Waals surface area contributed by atoms with Gasteiger partial charge in [0.15, 0.2) is 0 Å². The summed E-state index contributed by atoms with van der Waals surface area (Å²) in [6, 6.07) is 0. The molecule has 8 aliphatic rings. The zero-order valence-electron chi connectivity index (χ0n) is 39.7. The van der Waals surface area contributed by atoms with Gasteiger partial charge in [-0.05, 0) is 148 Å². The van der Waals surface area contributed by atoms with Crippen LogP contribution >= 0.6 is 0 Å².